The molecule has 6 heteroatoms. The van der Waals surface area contributed by atoms with Gasteiger partial charge in [0.25, 0.3) is 5.91 Å². The van der Waals surface area contributed by atoms with E-state index >= 15 is 0 Å². The Labute approximate surface area is 140 Å². The molecule has 0 spiro atoms. The molecule has 1 aromatic carbocycles. The third kappa shape index (κ3) is 3.43. The summed E-state index contributed by atoms with van der Waals surface area (Å²) in [5.74, 6) is 0.682. The van der Waals surface area contributed by atoms with Crippen LogP contribution < -0.4 is 10.1 Å². The molecule has 0 fully saturated rings. The van der Waals surface area contributed by atoms with Crippen LogP contribution in [0.15, 0.2) is 54.6 Å². The Balaban J connectivity index is 1.89. The minimum Gasteiger partial charge on any atom is -0.478 e. The Kier molecular flexibility index (Phi) is 4.56. The van der Waals surface area contributed by atoms with Crippen molar-refractivity contribution in [3.8, 4) is 11.6 Å². The number of aryl methyl sites for hydroxylation is 1. The SMILES string of the molecule is CCOc1cc(C(=O)Nc2cccc(C)n2)nn1-c1ccccc1. The monoisotopic (exact) mass is 322 g/mol. The van der Waals surface area contributed by atoms with Crippen LogP contribution in [0.2, 0.25) is 0 Å². The molecule has 122 valence electrons. The molecule has 0 unspecified atom stereocenters. The number of nitrogens with zero attached hydrogens (tertiary/aromatic N) is 3. The highest BCUT2D eigenvalue weighted by molar-refractivity contribution is 6.02. The summed E-state index contributed by atoms with van der Waals surface area (Å²) in [5, 5.41) is 7.12. The van der Waals surface area contributed by atoms with Crippen LogP contribution in [0.5, 0.6) is 5.88 Å². The topological polar surface area (TPSA) is 69.0 Å². The Bertz CT molecular complexity index is 843. The first-order valence-corrected chi connectivity index (χ1v) is 7.70. The number of hydrogen-bond donors (Lipinski definition) is 1. The van der Waals surface area contributed by atoms with Crippen molar-refractivity contribution in [2.24, 2.45) is 0 Å². The number of benzene rings is 1. The van der Waals surface area contributed by atoms with Gasteiger partial charge in [0.2, 0.25) is 5.88 Å². The molecule has 0 saturated heterocycles. The molecule has 0 bridgehead atoms. The van der Waals surface area contributed by atoms with E-state index in [0.717, 1.165) is 11.4 Å². The average Bonchev–Trinajstić information content (AvgIpc) is 3.00. The van der Waals surface area contributed by atoms with E-state index in [2.05, 4.69) is 15.4 Å². The van der Waals surface area contributed by atoms with E-state index in [1.165, 1.54) is 0 Å². The summed E-state index contributed by atoms with van der Waals surface area (Å²) in [5.41, 5.74) is 1.93. The molecule has 0 atom stereocenters. The zero-order chi connectivity index (χ0) is 16.9. The number of carbonyl (C=O) groups is 1. The predicted octanol–water partition coefficient (Wildman–Crippen LogP) is 3.23. The van der Waals surface area contributed by atoms with Crippen molar-refractivity contribution in [3.63, 3.8) is 0 Å². The molecule has 0 saturated carbocycles. The number of rotatable bonds is 5. The molecular weight excluding hydrogens is 304 g/mol. The number of ether oxygens (including phenoxy) is 1. The summed E-state index contributed by atoms with van der Waals surface area (Å²) >= 11 is 0. The summed E-state index contributed by atoms with van der Waals surface area (Å²) in [6.45, 7) is 4.24. The van der Waals surface area contributed by atoms with Crippen LogP contribution in [0.25, 0.3) is 5.69 Å². The van der Waals surface area contributed by atoms with Gasteiger partial charge in [0.15, 0.2) is 5.69 Å². The van der Waals surface area contributed by atoms with Crippen LogP contribution in [0, 0.1) is 6.92 Å². The second kappa shape index (κ2) is 6.95. The van der Waals surface area contributed by atoms with Crippen LogP contribution in [0.3, 0.4) is 0 Å². The maximum Gasteiger partial charge on any atom is 0.277 e. The van der Waals surface area contributed by atoms with Gasteiger partial charge in [-0.05, 0) is 38.1 Å². The number of nitrogens with one attached hydrogen (secondary N) is 1. The van der Waals surface area contributed by atoms with Gasteiger partial charge in [-0.25, -0.2) is 9.67 Å². The third-order valence-corrected chi connectivity index (χ3v) is 3.33. The fourth-order valence-electron chi connectivity index (χ4n) is 2.27. The first-order chi connectivity index (χ1) is 11.7. The largest absolute Gasteiger partial charge is 0.478 e. The quantitative estimate of drug-likeness (QED) is 0.783. The molecule has 0 aliphatic rings. The molecule has 0 radical (unpaired) electrons. The van der Waals surface area contributed by atoms with Crippen LogP contribution >= 0.6 is 0 Å². The highest BCUT2D eigenvalue weighted by Crippen LogP contribution is 2.20. The number of pyridine rings is 1. The molecule has 3 rings (SSSR count). The van der Waals surface area contributed by atoms with Gasteiger partial charge in [0.05, 0.1) is 12.3 Å². The van der Waals surface area contributed by atoms with E-state index in [-0.39, 0.29) is 11.6 Å². The zero-order valence-electron chi connectivity index (χ0n) is 13.6. The minimum atomic E-state index is -0.330. The first-order valence-electron chi connectivity index (χ1n) is 7.70. The van der Waals surface area contributed by atoms with Crippen molar-refractivity contribution in [1.29, 1.82) is 0 Å². The van der Waals surface area contributed by atoms with Gasteiger partial charge in [0, 0.05) is 11.8 Å². The molecule has 1 amide bonds. The van der Waals surface area contributed by atoms with Crippen molar-refractivity contribution < 1.29 is 9.53 Å². The van der Waals surface area contributed by atoms with E-state index in [1.807, 2.05) is 56.3 Å². The van der Waals surface area contributed by atoms with E-state index < -0.39 is 0 Å². The number of aromatic nitrogens is 3. The second-order valence-corrected chi connectivity index (χ2v) is 5.17. The lowest BCUT2D eigenvalue weighted by molar-refractivity contribution is 0.102. The first kappa shape index (κ1) is 15.7. The van der Waals surface area contributed by atoms with Gasteiger partial charge >= 0.3 is 0 Å². The predicted molar refractivity (Wildman–Crippen MR) is 91.7 cm³/mol. The normalized spacial score (nSPS) is 10.4. The van der Waals surface area contributed by atoms with Crippen molar-refractivity contribution in [2.45, 2.75) is 13.8 Å². The van der Waals surface area contributed by atoms with Gasteiger partial charge in [-0.1, -0.05) is 24.3 Å². The third-order valence-electron chi connectivity index (χ3n) is 3.33. The van der Waals surface area contributed by atoms with Crippen molar-refractivity contribution in [1.82, 2.24) is 14.8 Å². The van der Waals surface area contributed by atoms with Gasteiger partial charge in [-0.15, -0.1) is 0 Å². The molecule has 24 heavy (non-hydrogen) atoms. The zero-order valence-corrected chi connectivity index (χ0v) is 13.6. The molecule has 0 aliphatic carbocycles. The maximum atomic E-state index is 12.4. The molecular formula is C18H18N4O2. The van der Waals surface area contributed by atoms with Crippen molar-refractivity contribution >= 4 is 11.7 Å². The van der Waals surface area contributed by atoms with Crippen molar-refractivity contribution in [3.05, 3.63) is 66.0 Å². The molecule has 0 aliphatic heterocycles. The van der Waals surface area contributed by atoms with Crippen LogP contribution in [0.4, 0.5) is 5.82 Å². The Morgan fingerprint density at radius 3 is 2.67 bits per heavy atom. The standard InChI is InChI=1S/C18H18N4O2/c1-3-24-17-12-15(21-22(17)14-9-5-4-6-10-14)18(23)20-16-11-7-8-13(2)19-16/h4-12H,3H2,1-2H3,(H,19,20,23). The van der Waals surface area contributed by atoms with Crippen LogP contribution in [-0.4, -0.2) is 27.3 Å². The molecule has 6 nitrogen and oxygen atoms in total. The highest BCUT2D eigenvalue weighted by atomic mass is 16.5. The number of anilines is 1. The molecule has 2 heterocycles. The van der Waals surface area contributed by atoms with E-state index in [4.69, 9.17) is 4.74 Å². The highest BCUT2D eigenvalue weighted by Gasteiger charge is 2.16. The number of para-hydroxylation sites is 1. The lowest BCUT2D eigenvalue weighted by Gasteiger charge is -2.06. The molecule has 2 aromatic heterocycles. The van der Waals surface area contributed by atoms with Gasteiger partial charge in [-0.3, -0.25) is 4.79 Å². The maximum absolute atomic E-state index is 12.4. The Morgan fingerprint density at radius 2 is 1.96 bits per heavy atom. The fraction of sp³-hybridized carbons (Fsp3) is 0.167. The second-order valence-electron chi connectivity index (χ2n) is 5.17. The van der Waals surface area contributed by atoms with Gasteiger partial charge in [-0.2, -0.15) is 5.10 Å². The van der Waals surface area contributed by atoms with Crippen LogP contribution in [-0.2, 0) is 0 Å². The van der Waals surface area contributed by atoms with Gasteiger partial charge in [0.1, 0.15) is 5.82 Å². The number of carbonyl (C=O) groups excluding carboxylic acids is 1. The summed E-state index contributed by atoms with van der Waals surface area (Å²) in [6, 6.07) is 16.6. The Hall–Kier alpha value is -3.15. The van der Waals surface area contributed by atoms with E-state index in [9.17, 15) is 4.79 Å². The lowest BCUT2D eigenvalue weighted by atomic mass is 10.3. The lowest BCUT2D eigenvalue weighted by Crippen LogP contribution is -2.14. The molecule has 3 aromatic rings. The van der Waals surface area contributed by atoms with Gasteiger partial charge < -0.3 is 10.1 Å². The minimum absolute atomic E-state index is 0.269. The van der Waals surface area contributed by atoms with E-state index in [0.29, 0.717) is 18.3 Å². The van der Waals surface area contributed by atoms with E-state index in [1.54, 1.807) is 16.8 Å². The average molecular weight is 322 g/mol. The van der Waals surface area contributed by atoms with Crippen LogP contribution in [0.1, 0.15) is 23.1 Å². The number of hydrogen-bond acceptors (Lipinski definition) is 4. The molecule has 1 N–H and O–H groups in total. The van der Waals surface area contributed by atoms with Crippen molar-refractivity contribution in [2.75, 3.05) is 11.9 Å². The summed E-state index contributed by atoms with van der Waals surface area (Å²) in [6.07, 6.45) is 0. The summed E-state index contributed by atoms with van der Waals surface area (Å²) in [4.78, 5) is 16.7. The summed E-state index contributed by atoms with van der Waals surface area (Å²) in [7, 11) is 0. The summed E-state index contributed by atoms with van der Waals surface area (Å²) < 4.78 is 7.21. The fourth-order valence-corrected chi connectivity index (χ4v) is 2.27. The number of amides is 1. The Morgan fingerprint density at radius 1 is 1.17 bits per heavy atom. The smallest absolute Gasteiger partial charge is 0.277 e.